The van der Waals surface area contributed by atoms with Gasteiger partial charge in [0, 0.05) is 5.56 Å². The number of ether oxygens (including phenoxy) is 1. The van der Waals surface area contributed by atoms with Crippen LogP contribution in [0.3, 0.4) is 0 Å². The molecule has 1 saturated heterocycles. The van der Waals surface area contributed by atoms with E-state index in [0.29, 0.717) is 9.23 Å². The van der Waals surface area contributed by atoms with Crippen LogP contribution in [0.4, 0.5) is 0 Å². The second-order valence-corrected chi connectivity index (χ2v) is 7.06. The van der Waals surface area contributed by atoms with Gasteiger partial charge in [0.2, 0.25) is 0 Å². The second kappa shape index (κ2) is 7.20. The molecule has 0 spiro atoms. The molecule has 0 unspecified atom stereocenters. The van der Waals surface area contributed by atoms with Gasteiger partial charge in [-0.15, -0.1) is 0 Å². The smallest absolute Gasteiger partial charge is 0.266 e. The van der Waals surface area contributed by atoms with Crippen molar-refractivity contribution in [2.75, 3.05) is 7.11 Å². The van der Waals surface area contributed by atoms with E-state index in [1.165, 1.54) is 11.8 Å². The summed E-state index contributed by atoms with van der Waals surface area (Å²) in [6.45, 7) is 1.99. The number of carbonyl (C=O) groups excluding carboxylic acids is 1. The van der Waals surface area contributed by atoms with Gasteiger partial charge in [0.1, 0.15) is 10.1 Å². The van der Waals surface area contributed by atoms with E-state index in [1.807, 2.05) is 67.6 Å². The van der Waals surface area contributed by atoms with Crippen molar-refractivity contribution >= 4 is 40.3 Å². The number of benzene rings is 2. The summed E-state index contributed by atoms with van der Waals surface area (Å²) < 4.78 is 5.93. The van der Waals surface area contributed by atoms with Crippen LogP contribution in [0.2, 0.25) is 0 Å². The molecule has 0 radical (unpaired) electrons. The SMILES string of the molecule is COc1ccccc1/C=C1\SC(=S)N([C@H](C)c2ccccc2)C1=O. The minimum atomic E-state index is -0.0951. The largest absolute Gasteiger partial charge is 0.496 e. The molecule has 5 heteroatoms. The van der Waals surface area contributed by atoms with E-state index in [0.717, 1.165) is 16.9 Å². The van der Waals surface area contributed by atoms with Crippen LogP contribution >= 0.6 is 24.0 Å². The molecule has 2 aromatic rings. The Bertz CT molecular complexity index is 802. The Hall–Kier alpha value is -2.11. The zero-order chi connectivity index (χ0) is 17.1. The standard InChI is InChI=1S/C19H17NO2S2/c1-13(14-8-4-3-5-9-14)20-18(21)17(24-19(20)23)12-15-10-6-7-11-16(15)22-2/h3-13H,1-2H3/b17-12-/t13-/m1/s1. The van der Waals surface area contributed by atoms with Gasteiger partial charge in [-0.1, -0.05) is 72.5 Å². The van der Waals surface area contributed by atoms with Crippen molar-refractivity contribution in [3.05, 3.63) is 70.6 Å². The van der Waals surface area contributed by atoms with E-state index in [4.69, 9.17) is 17.0 Å². The Morgan fingerprint density at radius 3 is 2.50 bits per heavy atom. The Morgan fingerprint density at radius 2 is 1.79 bits per heavy atom. The lowest BCUT2D eigenvalue weighted by molar-refractivity contribution is -0.123. The normalized spacial score (nSPS) is 17.4. The number of thiocarbonyl (C=S) groups is 1. The molecule has 3 nitrogen and oxygen atoms in total. The molecular formula is C19H17NO2S2. The summed E-state index contributed by atoms with van der Waals surface area (Å²) >= 11 is 6.78. The molecule has 0 aliphatic carbocycles. The van der Waals surface area contributed by atoms with Gasteiger partial charge in [-0.3, -0.25) is 9.69 Å². The molecule has 1 amide bonds. The average molecular weight is 355 g/mol. The molecule has 0 bridgehead atoms. The summed E-state index contributed by atoms with van der Waals surface area (Å²) in [5, 5.41) is 0. The van der Waals surface area contributed by atoms with Crippen LogP contribution in [0.1, 0.15) is 24.1 Å². The fourth-order valence-electron chi connectivity index (χ4n) is 2.62. The second-order valence-electron chi connectivity index (χ2n) is 5.38. The lowest BCUT2D eigenvalue weighted by Gasteiger charge is -2.23. The van der Waals surface area contributed by atoms with Gasteiger partial charge in [0.25, 0.3) is 5.91 Å². The Labute approximate surface area is 151 Å². The highest BCUT2D eigenvalue weighted by molar-refractivity contribution is 8.26. The maximum Gasteiger partial charge on any atom is 0.266 e. The zero-order valence-corrected chi connectivity index (χ0v) is 15.1. The molecule has 1 heterocycles. The summed E-state index contributed by atoms with van der Waals surface area (Å²) in [6.07, 6.45) is 1.84. The molecule has 0 aromatic heterocycles. The molecular weight excluding hydrogens is 338 g/mol. The fraction of sp³-hybridized carbons (Fsp3) is 0.158. The van der Waals surface area contributed by atoms with E-state index < -0.39 is 0 Å². The maximum absolute atomic E-state index is 12.8. The highest BCUT2D eigenvalue weighted by Crippen LogP contribution is 2.38. The Kier molecular flexibility index (Phi) is 5.02. The molecule has 1 fully saturated rings. The number of carbonyl (C=O) groups is 1. The first-order valence-corrected chi connectivity index (χ1v) is 8.79. The first-order chi connectivity index (χ1) is 11.6. The zero-order valence-electron chi connectivity index (χ0n) is 13.4. The summed E-state index contributed by atoms with van der Waals surface area (Å²) in [7, 11) is 1.62. The van der Waals surface area contributed by atoms with E-state index in [9.17, 15) is 4.79 Å². The first-order valence-electron chi connectivity index (χ1n) is 7.57. The molecule has 122 valence electrons. The monoisotopic (exact) mass is 355 g/mol. The number of hydrogen-bond acceptors (Lipinski definition) is 4. The van der Waals surface area contributed by atoms with Crippen LogP contribution in [-0.2, 0) is 4.79 Å². The van der Waals surface area contributed by atoms with Crippen LogP contribution in [0.15, 0.2) is 59.5 Å². The van der Waals surface area contributed by atoms with Gasteiger partial charge in [0.15, 0.2) is 0 Å². The number of nitrogens with zero attached hydrogens (tertiary/aromatic N) is 1. The minimum absolute atomic E-state index is 0.0627. The number of para-hydroxylation sites is 1. The van der Waals surface area contributed by atoms with Gasteiger partial charge in [-0.25, -0.2) is 0 Å². The number of hydrogen-bond donors (Lipinski definition) is 0. The number of rotatable bonds is 4. The lowest BCUT2D eigenvalue weighted by Crippen LogP contribution is -2.30. The van der Waals surface area contributed by atoms with Crippen molar-refractivity contribution in [1.29, 1.82) is 0 Å². The van der Waals surface area contributed by atoms with Crippen LogP contribution < -0.4 is 4.74 Å². The van der Waals surface area contributed by atoms with E-state index >= 15 is 0 Å². The quantitative estimate of drug-likeness (QED) is 0.589. The molecule has 1 aliphatic rings. The first kappa shape index (κ1) is 16.7. The van der Waals surface area contributed by atoms with E-state index in [2.05, 4.69) is 0 Å². The summed E-state index contributed by atoms with van der Waals surface area (Å²) in [5.41, 5.74) is 1.93. The van der Waals surface area contributed by atoms with Gasteiger partial charge in [-0.05, 0) is 24.6 Å². The van der Waals surface area contributed by atoms with Crippen molar-refractivity contribution in [2.45, 2.75) is 13.0 Å². The van der Waals surface area contributed by atoms with Crippen LogP contribution in [-0.4, -0.2) is 22.2 Å². The summed E-state index contributed by atoms with van der Waals surface area (Å²) in [5.74, 6) is 0.672. The minimum Gasteiger partial charge on any atom is -0.496 e. The third-order valence-corrected chi connectivity index (χ3v) is 5.25. The number of methoxy groups -OCH3 is 1. The number of amides is 1. The van der Waals surface area contributed by atoms with Crippen molar-refractivity contribution < 1.29 is 9.53 Å². The van der Waals surface area contributed by atoms with Gasteiger partial charge >= 0.3 is 0 Å². The van der Waals surface area contributed by atoms with Crippen molar-refractivity contribution in [2.24, 2.45) is 0 Å². The molecule has 1 aliphatic heterocycles. The topological polar surface area (TPSA) is 29.5 Å². The molecule has 1 atom stereocenters. The lowest BCUT2D eigenvalue weighted by atomic mass is 10.1. The Balaban J connectivity index is 1.90. The maximum atomic E-state index is 12.8. The third kappa shape index (κ3) is 3.23. The summed E-state index contributed by atoms with van der Waals surface area (Å²) in [4.78, 5) is 15.1. The van der Waals surface area contributed by atoms with E-state index in [-0.39, 0.29) is 11.9 Å². The molecule has 24 heavy (non-hydrogen) atoms. The average Bonchev–Trinajstić information content (AvgIpc) is 2.89. The van der Waals surface area contributed by atoms with Crippen molar-refractivity contribution in [3.8, 4) is 5.75 Å². The highest BCUT2D eigenvalue weighted by Gasteiger charge is 2.35. The van der Waals surface area contributed by atoms with Gasteiger partial charge in [-0.2, -0.15) is 0 Å². The predicted molar refractivity (Wildman–Crippen MR) is 103 cm³/mol. The van der Waals surface area contributed by atoms with Crippen LogP contribution in [0.5, 0.6) is 5.75 Å². The number of thioether (sulfide) groups is 1. The van der Waals surface area contributed by atoms with Gasteiger partial charge < -0.3 is 4.74 Å². The predicted octanol–water partition coefficient (Wildman–Crippen LogP) is 4.66. The molecule has 0 saturated carbocycles. The third-order valence-electron chi connectivity index (χ3n) is 3.92. The van der Waals surface area contributed by atoms with E-state index in [1.54, 1.807) is 12.0 Å². The molecule has 0 N–H and O–H groups in total. The molecule has 2 aromatic carbocycles. The van der Waals surface area contributed by atoms with Crippen LogP contribution in [0.25, 0.3) is 6.08 Å². The van der Waals surface area contributed by atoms with Crippen molar-refractivity contribution in [1.82, 2.24) is 4.90 Å². The molecule has 3 rings (SSSR count). The van der Waals surface area contributed by atoms with Crippen LogP contribution in [0, 0.1) is 0 Å². The fourth-order valence-corrected chi connectivity index (χ4v) is 4.03. The Morgan fingerprint density at radius 1 is 1.12 bits per heavy atom. The van der Waals surface area contributed by atoms with Crippen molar-refractivity contribution in [3.63, 3.8) is 0 Å². The van der Waals surface area contributed by atoms with Gasteiger partial charge in [0.05, 0.1) is 18.1 Å². The summed E-state index contributed by atoms with van der Waals surface area (Å²) in [6, 6.07) is 17.4. The highest BCUT2D eigenvalue weighted by atomic mass is 32.2.